The summed E-state index contributed by atoms with van der Waals surface area (Å²) in [5.74, 6) is 2.99. The van der Waals surface area contributed by atoms with Gasteiger partial charge in [0.1, 0.15) is 10.6 Å². The van der Waals surface area contributed by atoms with Crippen LogP contribution in [0.3, 0.4) is 0 Å². The number of aryl methyl sites for hydroxylation is 1. The first kappa shape index (κ1) is 17.9. The van der Waals surface area contributed by atoms with Crippen molar-refractivity contribution >= 4 is 39.0 Å². The molecule has 0 saturated carbocycles. The van der Waals surface area contributed by atoms with Crippen LogP contribution in [0.15, 0.2) is 0 Å². The lowest BCUT2D eigenvalue weighted by Crippen LogP contribution is -2.32. The van der Waals surface area contributed by atoms with Crippen LogP contribution in [0.1, 0.15) is 51.5 Å². The normalized spacial score (nSPS) is 17.8. The molecule has 2 aromatic heterocycles. The zero-order valence-electron chi connectivity index (χ0n) is 15.4. The molecule has 1 aliphatic rings. The first-order valence-electron chi connectivity index (χ1n) is 9.07. The van der Waals surface area contributed by atoms with Gasteiger partial charge in [0.25, 0.3) is 0 Å². The maximum absolute atomic E-state index is 6.29. The maximum Gasteiger partial charge on any atom is 0.225 e. The summed E-state index contributed by atoms with van der Waals surface area (Å²) in [6, 6.07) is 0. The second-order valence-corrected chi connectivity index (χ2v) is 9.46. The lowest BCUT2D eigenvalue weighted by Gasteiger charge is -2.28. The standard InChI is InChI=1S/C19H28ClN3S/c1-11(2)9-23(10-12(3)4)17-16-14-7-6-13(5)8-15(14)24-18(16)22-19(20)21-17/h11-13H,6-10H2,1-5H3. The molecule has 3 rings (SSSR count). The molecule has 0 radical (unpaired) electrons. The summed E-state index contributed by atoms with van der Waals surface area (Å²) in [6.07, 6.45) is 3.57. The van der Waals surface area contributed by atoms with Crippen LogP contribution >= 0.6 is 22.9 Å². The smallest absolute Gasteiger partial charge is 0.225 e. The molecule has 5 heteroatoms. The van der Waals surface area contributed by atoms with Gasteiger partial charge in [-0.1, -0.05) is 34.6 Å². The van der Waals surface area contributed by atoms with Gasteiger partial charge in [-0.05, 0) is 54.2 Å². The highest BCUT2D eigenvalue weighted by Gasteiger charge is 2.26. The Morgan fingerprint density at radius 3 is 2.46 bits per heavy atom. The average molecular weight is 366 g/mol. The first-order chi connectivity index (χ1) is 11.3. The minimum Gasteiger partial charge on any atom is -0.355 e. The third kappa shape index (κ3) is 3.70. The van der Waals surface area contributed by atoms with E-state index in [1.165, 1.54) is 28.7 Å². The van der Waals surface area contributed by atoms with E-state index in [2.05, 4.69) is 44.5 Å². The molecule has 2 aromatic rings. The Labute approximate surface area is 154 Å². The van der Waals surface area contributed by atoms with Crippen molar-refractivity contribution in [3.8, 4) is 0 Å². The van der Waals surface area contributed by atoms with Gasteiger partial charge in [0.2, 0.25) is 5.28 Å². The van der Waals surface area contributed by atoms with Crippen molar-refractivity contribution in [2.24, 2.45) is 17.8 Å². The zero-order chi connectivity index (χ0) is 17.4. The van der Waals surface area contributed by atoms with E-state index in [1.54, 1.807) is 0 Å². The van der Waals surface area contributed by atoms with Crippen LogP contribution in [0.4, 0.5) is 5.82 Å². The summed E-state index contributed by atoms with van der Waals surface area (Å²) < 4.78 is 0. The number of halogens is 1. The van der Waals surface area contributed by atoms with Crippen LogP contribution in [0.5, 0.6) is 0 Å². The van der Waals surface area contributed by atoms with Crippen molar-refractivity contribution in [2.75, 3.05) is 18.0 Å². The number of rotatable bonds is 5. The van der Waals surface area contributed by atoms with Crippen molar-refractivity contribution < 1.29 is 0 Å². The van der Waals surface area contributed by atoms with Gasteiger partial charge in [0, 0.05) is 18.0 Å². The first-order valence-corrected chi connectivity index (χ1v) is 10.3. The third-order valence-electron chi connectivity index (χ3n) is 4.58. The highest BCUT2D eigenvalue weighted by molar-refractivity contribution is 7.19. The lowest BCUT2D eigenvalue weighted by molar-refractivity contribution is 0.509. The van der Waals surface area contributed by atoms with Crippen LogP contribution < -0.4 is 4.90 Å². The number of thiophene rings is 1. The monoisotopic (exact) mass is 365 g/mol. The number of anilines is 1. The Bertz CT molecular complexity index is 713. The molecule has 0 fully saturated rings. The van der Waals surface area contributed by atoms with Gasteiger partial charge >= 0.3 is 0 Å². The molecule has 1 unspecified atom stereocenters. The average Bonchev–Trinajstić information content (AvgIpc) is 2.81. The van der Waals surface area contributed by atoms with Gasteiger partial charge in [0.05, 0.1) is 5.39 Å². The molecule has 24 heavy (non-hydrogen) atoms. The number of aromatic nitrogens is 2. The molecular formula is C19H28ClN3S. The summed E-state index contributed by atoms with van der Waals surface area (Å²) in [7, 11) is 0. The molecule has 2 heterocycles. The maximum atomic E-state index is 6.29. The summed E-state index contributed by atoms with van der Waals surface area (Å²) in [6.45, 7) is 13.4. The fourth-order valence-electron chi connectivity index (χ4n) is 3.66. The van der Waals surface area contributed by atoms with E-state index in [9.17, 15) is 0 Å². The molecule has 0 aliphatic heterocycles. The molecular weight excluding hydrogens is 338 g/mol. The van der Waals surface area contributed by atoms with Crippen LogP contribution in [-0.2, 0) is 12.8 Å². The molecule has 3 nitrogen and oxygen atoms in total. The third-order valence-corrected chi connectivity index (χ3v) is 5.90. The summed E-state index contributed by atoms with van der Waals surface area (Å²) in [4.78, 5) is 14.2. The number of hydrogen-bond donors (Lipinski definition) is 0. The molecule has 1 aliphatic carbocycles. The Morgan fingerprint density at radius 2 is 1.83 bits per heavy atom. The minimum absolute atomic E-state index is 0.377. The fraction of sp³-hybridized carbons (Fsp3) is 0.684. The highest BCUT2D eigenvalue weighted by atomic mass is 35.5. The predicted octanol–water partition coefficient (Wildman–Crippen LogP) is 5.59. The van der Waals surface area contributed by atoms with Crippen LogP contribution in [0.2, 0.25) is 5.28 Å². The summed E-state index contributed by atoms with van der Waals surface area (Å²) in [5.41, 5.74) is 1.48. The van der Waals surface area contributed by atoms with Crippen LogP contribution in [-0.4, -0.2) is 23.1 Å². The van der Waals surface area contributed by atoms with Crippen molar-refractivity contribution in [3.63, 3.8) is 0 Å². The number of fused-ring (bicyclic) bond motifs is 3. The van der Waals surface area contributed by atoms with Crippen molar-refractivity contribution in [3.05, 3.63) is 15.7 Å². The minimum atomic E-state index is 0.377. The Morgan fingerprint density at radius 1 is 1.17 bits per heavy atom. The Balaban J connectivity index is 2.14. The van der Waals surface area contributed by atoms with Crippen molar-refractivity contribution in [1.82, 2.24) is 9.97 Å². The molecule has 0 bridgehead atoms. The summed E-state index contributed by atoms with van der Waals surface area (Å²) in [5, 5.41) is 1.65. The molecule has 1 atom stereocenters. The van der Waals surface area contributed by atoms with Crippen molar-refractivity contribution in [1.29, 1.82) is 0 Å². The van der Waals surface area contributed by atoms with E-state index in [4.69, 9.17) is 16.6 Å². The van der Waals surface area contributed by atoms with E-state index < -0.39 is 0 Å². The predicted molar refractivity (Wildman–Crippen MR) is 106 cm³/mol. The summed E-state index contributed by atoms with van der Waals surface area (Å²) >= 11 is 8.12. The quantitative estimate of drug-likeness (QED) is 0.647. The lowest BCUT2D eigenvalue weighted by atomic mass is 9.89. The molecule has 0 spiro atoms. The van der Waals surface area contributed by atoms with E-state index in [0.717, 1.165) is 36.1 Å². The van der Waals surface area contributed by atoms with Gasteiger partial charge in [0.15, 0.2) is 0 Å². The van der Waals surface area contributed by atoms with E-state index in [1.807, 2.05) is 11.3 Å². The van der Waals surface area contributed by atoms with Gasteiger partial charge in [-0.15, -0.1) is 11.3 Å². The molecule has 0 N–H and O–H groups in total. The Hall–Kier alpha value is -0.870. The fourth-order valence-corrected chi connectivity index (χ4v) is 5.25. The Kier molecular flexibility index (Phi) is 5.36. The highest BCUT2D eigenvalue weighted by Crippen LogP contribution is 2.41. The molecule has 132 valence electrons. The van der Waals surface area contributed by atoms with Crippen molar-refractivity contribution in [2.45, 2.75) is 53.9 Å². The van der Waals surface area contributed by atoms with Gasteiger partial charge in [-0.25, -0.2) is 4.98 Å². The van der Waals surface area contributed by atoms with Crippen LogP contribution in [0.25, 0.3) is 10.2 Å². The SMILES string of the molecule is CC(C)CN(CC(C)C)c1nc(Cl)nc2sc3c(c12)CCC(C)C3. The van der Waals surface area contributed by atoms with Crippen LogP contribution in [0, 0.1) is 17.8 Å². The van der Waals surface area contributed by atoms with E-state index in [-0.39, 0.29) is 0 Å². The zero-order valence-corrected chi connectivity index (χ0v) is 17.0. The van der Waals surface area contributed by atoms with Gasteiger partial charge < -0.3 is 4.90 Å². The second-order valence-electron chi connectivity index (χ2n) is 8.04. The number of hydrogen-bond acceptors (Lipinski definition) is 4. The number of nitrogens with zero attached hydrogens (tertiary/aromatic N) is 3. The van der Waals surface area contributed by atoms with Gasteiger partial charge in [-0.2, -0.15) is 4.98 Å². The molecule has 0 amide bonds. The van der Waals surface area contributed by atoms with E-state index in [0.29, 0.717) is 17.1 Å². The largest absolute Gasteiger partial charge is 0.355 e. The topological polar surface area (TPSA) is 29.0 Å². The second kappa shape index (κ2) is 7.17. The molecule has 0 aromatic carbocycles. The van der Waals surface area contributed by atoms with Gasteiger partial charge in [-0.3, -0.25) is 0 Å². The molecule has 0 saturated heterocycles. The van der Waals surface area contributed by atoms with E-state index >= 15 is 0 Å².